The van der Waals surface area contributed by atoms with Gasteiger partial charge in [0.15, 0.2) is 22.9 Å². The van der Waals surface area contributed by atoms with Crippen molar-refractivity contribution in [2.45, 2.75) is 13.3 Å². The molecule has 38 heavy (non-hydrogen) atoms. The second kappa shape index (κ2) is 10.1. The Morgan fingerprint density at radius 2 is 2.05 bits per heavy atom. The summed E-state index contributed by atoms with van der Waals surface area (Å²) in [5.41, 5.74) is 8.58. The number of thiophene rings is 2. The first-order valence-electron chi connectivity index (χ1n) is 12.2. The number of morpholine rings is 1. The number of carbonyl (C=O) groups excluding carboxylic acids is 1. The van der Waals surface area contributed by atoms with E-state index in [-0.39, 0.29) is 11.0 Å². The van der Waals surface area contributed by atoms with E-state index in [0.717, 1.165) is 22.5 Å². The Hall–Kier alpha value is -3.94. The highest BCUT2D eigenvalue weighted by molar-refractivity contribution is 7.17. The van der Waals surface area contributed by atoms with Gasteiger partial charge in [0.05, 0.1) is 18.2 Å². The lowest BCUT2D eigenvalue weighted by Crippen LogP contribution is -2.36. The summed E-state index contributed by atoms with van der Waals surface area (Å²) < 4.78 is 14.0. The number of imidazole rings is 1. The smallest absolute Gasteiger partial charge is 0.256 e. The third-order valence-electron chi connectivity index (χ3n) is 6.23. The molecule has 5 aromatic heterocycles. The van der Waals surface area contributed by atoms with Crippen LogP contribution in [0.5, 0.6) is 0 Å². The minimum Gasteiger partial charge on any atom is -0.439 e. The average molecular weight is 552 g/mol. The van der Waals surface area contributed by atoms with Crippen molar-refractivity contribution < 1.29 is 13.9 Å². The summed E-state index contributed by atoms with van der Waals surface area (Å²) in [5.74, 6) is 0.801. The maximum absolute atomic E-state index is 12.8. The lowest BCUT2D eigenvalue weighted by Gasteiger charge is -2.27. The molecular formula is C25H25N7O4S2. The number of anilines is 4. The van der Waals surface area contributed by atoms with Crippen LogP contribution in [0, 0.1) is 0 Å². The van der Waals surface area contributed by atoms with Crippen LogP contribution in [-0.2, 0) is 4.74 Å². The van der Waals surface area contributed by atoms with Crippen molar-refractivity contribution in [3.8, 4) is 11.1 Å². The minimum atomic E-state index is -0.628. The van der Waals surface area contributed by atoms with Gasteiger partial charge in [0, 0.05) is 54.4 Å². The molecule has 0 aromatic carbocycles. The van der Waals surface area contributed by atoms with E-state index in [1.54, 1.807) is 22.9 Å². The molecule has 4 N–H and O–H groups in total. The predicted octanol–water partition coefficient (Wildman–Crippen LogP) is 4.13. The van der Waals surface area contributed by atoms with Gasteiger partial charge < -0.3 is 30.4 Å². The zero-order chi connectivity index (χ0) is 26.2. The molecule has 0 atom stereocenters. The number of rotatable bonds is 8. The van der Waals surface area contributed by atoms with E-state index in [4.69, 9.17) is 14.9 Å². The highest BCUT2D eigenvalue weighted by atomic mass is 32.1. The molecule has 1 aliphatic rings. The fourth-order valence-corrected chi connectivity index (χ4v) is 6.10. The standard InChI is InChI=1S/C25H25N7O4S2/c1-2-3-28-25-30-23(19(22(26)34)24-27-4-5-32(24)25)29-17-10-14(12-37-17)15-13-38-21-16(33)11-18(36-20(15)21)31-6-8-35-9-7-31/h4-5,10-13,29H,2-3,6-9H2,1H3,(H2,26,34)(H,28,30). The SMILES string of the molecule is CCCNc1nc(Nc2cc(-c3csc4c(=O)cc(N5CCOCC5)oc34)cs2)c(C(N)=O)c2nccn12. The number of hydrogen-bond donors (Lipinski definition) is 3. The molecule has 11 nitrogen and oxygen atoms in total. The van der Waals surface area contributed by atoms with Crippen molar-refractivity contribution in [3.05, 3.63) is 51.1 Å². The summed E-state index contributed by atoms with van der Waals surface area (Å²) in [6.07, 6.45) is 4.25. The Morgan fingerprint density at radius 1 is 1.21 bits per heavy atom. The minimum absolute atomic E-state index is 0.0621. The zero-order valence-electron chi connectivity index (χ0n) is 20.5. The Kier molecular flexibility index (Phi) is 6.47. The largest absolute Gasteiger partial charge is 0.439 e. The van der Waals surface area contributed by atoms with Crippen LogP contribution in [0.25, 0.3) is 27.1 Å². The molecular weight excluding hydrogens is 526 g/mol. The molecule has 1 amide bonds. The Balaban J connectivity index is 1.36. The van der Waals surface area contributed by atoms with Gasteiger partial charge >= 0.3 is 0 Å². The van der Waals surface area contributed by atoms with Gasteiger partial charge in [-0.3, -0.25) is 14.0 Å². The van der Waals surface area contributed by atoms with Crippen molar-refractivity contribution in [2.24, 2.45) is 5.73 Å². The van der Waals surface area contributed by atoms with E-state index in [2.05, 4.69) is 27.5 Å². The van der Waals surface area contributed by atoms with Crippen LogP contribution >= 0.6 is 22.7 Å². The van der Waals surface area contributed by atoms with Crippen LogP contribution in [0.4, 0.5) is 22.7 Å². The van der Waals surface area contributed by atoms with Crippen molar-refractivity contribution >= 4 is 67.2 Å². The topological polar surface area (TPSA) is 140 Å². The summed E-state index contributed by atoms with van der Waals surface area (Å²) in [6.45, 7) is 5.31. The molecule has 0 radical (unpaired) electrons. The van der Waals surface area contributed by atoms with Gasteiger partial charge in [-0.05, 0) is 18.1 Å². The molecule has 0 saturated carbocycles. The van der Waals surface area contributed by atoms with Gasteiger partial charge in [-0.25, -0.2) is 4.98 Å². The second-order valence-electron chi connectivity index (χ2n) is 8.75. The molecule has 196 valence electrons. The van der Waals surface area contributed by atoms with E-state index in [9.17, 15) is 9.59 Å². The molecule has 6 heterocycles. The second-order valence-corrected chi connectivity index (χ2v) is 10.5. The number of nitrogens with one attached hydrogen (secondary N) is 2. The summed E-state index contributed by atoms with van der Waals surface area (Å²) in [7, 11) is 0. The molecule has 0 spiro atoms. The zero-order valence-corrected chi connectivity index (χ0v) is 22.2. The van der Waals surface area contributed by atoms with E-state index >= 15 is 0 Å². The van der Waals surface area contributed by atoms with Crippen LogP contribution < -0.4 is 26.7 Å². The van der Waals surface area contributed by atoms with Gasteiger partial charge in [0.25, 0.3) is 5.91 Å². The maximum atomic E-state index is 12.8. The number of primary amides is 1. The van der Waals surface area contributed by atoms with E-state index in [1.807, 2.05) is 21.7 Å². The van der Waals surface area contributed by atoms with Crippen molar-refractivity contribution in [1.82, 2.24) is 14.4 Å². The molecule has 5 aromatic rings. The average Bonchev–Trinajstić information content (AvgIpc) is 3.67. The molecule has 1 aliphatic heterocycles. The third-order valence-corrected chi connectivity index (χ3v) is 8.05. The first-order valence-corrected chi connectivity index (χ1v) is 13.9. The van der Waals surface area contributed by atoms with Gasteiger partial charge in [-0.2, -0.15) is 4.98 Å². The number of amides is 1. The number of fused-ring (bicyclic) bond motifs is 2. The number of carbonyl (C=O) groups is 1. The molecule has 6 rings (SSSR count). The van der Waals surface area contributed by atoms with Crippen LogP contribution in [-0.4, -0.2) is 53.1 Å². The third kappa shape index (κ3) is 4.38. The number of nitrogens with zero attached hydrogens (tertiary/aromatic N) is 4. The Labute approximate surface area is 224 Å². The Bertz CT molecular complexity index is 1700. The Morgan fingerprint density at radius 3 is 2.84 bits per heavy atom. The summed E-state index contributed by atoms with van der Waals surface area (Å²) >= 11 is 2.81. The number of ether oxygens (including phenoxy) is 1. The first-order chi connectivity index (χ1) is 18.5. The van der Waals surface area contributed by atoms with Crippen LogP contribution in [0.15, 0.2) is 44.5 Å². The fourth-order valence-electron chi connectivity index (χ4n) is 4.39. The lowest BCUT2D eigenvalue weighted by molar-refractivity contribution is 0.100. The van der Waals surface area contributed by atoms with Crippen molar-refractivity contribution in [3.63, 3.8) is 0 Å². The van der Waals surface area contributed by atoms with Crippen LogP contribution in [0.2, 0.25) is 0 Å². The summed E-state index contributed by atoms with van der Waals surface area (Å²) in [6, 6.07) is 3.50. The monoisotopic (exact) mass is 551 g/mol. The lowest BCUT2D eigenvalue weighted by atomic mass is 10.1. The molecule has 0 aliphatic carbocycles. The molecule has 1 saturated heterocycles. The molecule has 0 bridgehead atoms. The van der Waals surface area contributed by atoms with Gasteiger partial charge in [-0.15, -0.1) is 22.7 Å². The molecule has 1 fully saturated rings. The van der Waals surface area contributed by atoms with Gasteiger partial charge in [0.2, 0.25) is 11.4 Å². The summed E-state index contributed by atoms with van der Waals surface area (Å²) in [4.78, 5) is 36.3. The molecule has 13 heteroatoms. The van der Waals surface area contributed by atoms with Crippen LogP contribution in [0.1, 0.15) is 23.7 Å². The quantitative estimate of drug-likeness (QED) is 0.260. The van der Waals surface area contributed by atoms with E-state index < -0.39 is 5.91 Å². The van der Waals surface area contributed by atoms with Gasteiger partial charge in [-0.1, -0.05) is 6.92 Å². The maximum Gasteiger partial charge on any atom is 0.256 e. The van der Waals surface area contributed by atoms with Crippen LogP contribution in [0.3, 0.4) is 0 Å². The summed E-state index contributed by atoms with van der Waals surface area (Å²) in [5, 5.41) is 11.2. The first kappa shape index (κ1) is 24.4. The molecule has 0 unspecified atom stereocenters. The van der Waals surface area contributed by atoms with Gasteiger partial charge in [0.1, 0.15) is 10.3 Å². The highest BCUT2D eigenvalue weighted by Crippen LogP contribution is 2.39. The normalized spacial score (nSPS) is 13.9. The number of hydrogen-bond acceptors (Lipinski definition) is 11. The highest BCUT2D eigenvalue weighted by Gasteiger charge is 2.22. The van der Waals surface area contributed by atoms with Crippen molar-refractivity contribution in [2.75, 3.05) is 48.4 Å². The van der Waals surface area contributed by atoms with E-state index in [0.29, 0.717) is 66.4 Å². The number of nitrogens with two attached hydrogens (primary N) is 1. The number of aromatic nitrogens is 3. The predicted molar refractivity (Wildman–Crippen MR) is 150 cm³/mol. The van der Waals surface area contributed by atoms with E-state index in [1.165, 1.54) is 22.7 Å². The fraction of sp³-hybridized carbons (Fsp3) is 0.280. The van der Waals surface area contributed by atoms with Crippen molar-refractivity contribution in [1.29, 1.82) is 0 Å².